The van der Waals surface area contributed by atoms with Gasteiger partial charge in [0.2, 0.25) is 0 Å². The van der Waals surface area contributed by atoms with E-state index < -0.39 is 6.17 Å². The molecule has 0 aromatic rings. The second-order valence-electron chi connectivity index (χ2n) is 3.39. The second kappa shape index (κ2) is 5.00. The van der Waals surface area contributed by atoms with Crippen LogP contribution >= 0.6 is 0 Å². The number of hydrogen-bond acceptors (Lipinski definition) is 2. The van der Waals surface area contributed by atoms with Crippen molar-refractivity contribution in [1.82, 2.24) is 0 Å². The number of ether oxygens (including phenoxy) is 1. The Morgan fingerprint density at radius 1 is 1.38 bits per heavy atom. The number of rotatable bonds is 2. The van der Waals surface area contributed by atoms with Crippen molar-refractivity contribution in [2.24, 2.45) is 5.92 Å². The summed E-state index contributed by atoms with van der Waals surface area (Å²) in [4.78, 5) is 10.7. The summed E-state index contributed by atoms with van der Waals surface area (Å²) in [5.74, 6) is 0.0217. The van der Waals surface area contributed by atoms with Gasteiger partial charge in [-0.2, -0.15) is 0 Å². The molecule has 1 saturated carbocycles. The first-order chi connectivity index (χ1) is 6.22. The highest BCUT2D eigenvalue weighted by atomic mass is 19.1. The maximum Gasteiger partial charge on any atom is 0.330 e. The highest BCUT2D eigenvalue weighted by Crippen LogP contribution is 2.26. The standard InChI is InChI=1S/C10H15FO2/c1-13-10(12)7-4-8-2-5-9(11)6-3-8/h4,7-9H,2-3,5-6H2,1H3/t8-,9-. The van der Waals surface area contributed by atoms with E-state index in [4.69, 9.17) is 0 Å². The molecule has 0 bridgehead atoms. The van der Waals surface area contributed by atoms with Crippen LogP contribution in [0.5, 0.6) is 0 Å². The highest BCUT2D eigenvalue weighted by molar-refractivity contribution is 5.81. The quantitative estimate of drug-likeness (QED) is 0.488. The number of esters is 1. The van der Waals surface area contributed by atoms with Gasteiger partial charge in [-0.15, -0.1) is 0 Å². The number of allylic oxidation sites excluding steroid dienone is 1. The molecule has 0 unspecified atom stereocenters. The monoisotopic (exact) mass is 186 g/mol. The van der Waals surface area contributed by atoms with Gasteiger partial charge in [-0.1, -0.05) is 6.08 Å². The third kappa shape index (κ3) is 3.57. The fourth-order valence-electron chi connectivity index (χ4n) is 1.55. The van der Waals surface area contributed by atoms with E-state index in [1.54, 1.807) is 0 Å². The molecule has 0 atom stereocenters. The average Bonchev–Trinajstić information content (AvgIpc) is 2.16. The zero-order valence-electron chi connectivity index (χ0n) is 7.83. The van der Waals surface area contributed by atoms with Gasteiger partial charge in [0, 0.05) is 6.08 Å². The molecule has 0 heterocycles. The summed E-state index contributed by atoms with van der Waals surface area (Å²) in [5, 5.41) is 0. The predicted molar refractivity (Wildman–Crippen MR) is 48.0 cm³/mol. The van der Waals surface area contributed by atoms with Crippen LogP contribution in [0.25, 0.3) is 0 Å². The van der Waals surface area contributed by atoms with Gasteiger partial charge in [0.25, 0.3) is 0 Å². The van der Waals surface area contributed by atoms with Crippen LogP contribution in [0.3, 0.4) is 0 Å². The van der Waals surface area contributed by atoms with E-state index in [9.17, 15) is 9.18 Å². The maximum absolute atomic E-state index is 12.7. The number of carbonyl (C=O) groups is 1. The molecule has 74 valence electrons. The van der Waals surface area contributed by atoms with Crippen LogP contribution in [-0.4, -0.2) is 19.3 Å². The summed E-state index contributed by atoms with van der Waals surface area (Å²) in [6.45, 7) is 0. The molecule has 0 amide bonds. The molecule has 1 fully saturated rings. The van der Waals surface area contributed by atoms with Crippen molar-refractivity contribution in [1.29, 1.82) is 0 Å². The van der Waals surface area contributed by atoms with E-state index in [0.717, 1.165) is 12.8 Å². The molecule has 0 N–H and O–H groups in total. The molecular formula is C10H15FO2. The summed E-state index contributed by atoms with van der Waals surface area (Å²) in [6, 6.07) is 0. The first-order valence-corrected chi connectivity index (χ1v) is 4.62. The van der Waals surface area contributed by atoms with Crippen LogP contribution in [0, 0.1) is 5.92 Å². The van der Waals surface area contributed by atoms with Gasteiger partial charge >= 0.3 is 5.97 Å². The SMILES string of the molecule is COC(=O)C=C[C@H]1CC[C@H](F)CC1. The molecule has 1 rings (SSSR count). The minimum absolute atomic E-state index is 0.331. The minimum Gasteiger partial charge on any atom is -0.466 e. The van der Waals surface area contributed by atoms with Crippen LogP contribution in [0.2, 0.25) is 0 Å². The first-order valence-electron chi connectivity index (χ1n) is 4.62. The number of methoxy groups -OCH3 is 1. The van der Waals surface area contributed by atoms with Crippen LogP contribution in [0.15, 0.2) is 12.2 Å². The number of hydrogen-bond donors (Lipinski definition) is 0. The molecule has 1 aliphatic rings. The Morgan fingerprint density at radius 3 is 2.54 bits per heavy atom. The van der Waals surface area contributed by atoms with Crippen molar-refractivity contribution >= 4 is 5.97 Å². The third-order valence-electron chi connectivity index (χ3n) is 2.41. The van der Waals surface area contributed by atoms with Crippen molar-refractivity contribution < 1.29 is 13.9 Å². The van der Waals surface area contributed by atoms with Crippen LogP contribution in [-0.2, 0) is 9.53 Å². The van der Waals surface area contributed by atoms with Crippen molar-refractivity contribution in [3.63, 3.8) is 0 Å². The average molecular weight is 186 g/mol. The number of carbonyl (C=O) groups excluding carboxylic acids is 1. The smallest absolute Gasteiger partial charge is 0.330 e. The lowest BCUT2D eigenvalue weighted by atomic mass is 9.88. The molecule has 0 saturated heterocycles. The summed E-state index contributed by atoms with van der Waals surface area (Å²) in [7, 11) is 1.35. The molecule has 2 nitrogen and oxygen atoms in total. The Kier molecular flexibility index (Phi) is 3.93. The van der Waals surface area contributed by atoms with Crippen LogP contribution < -0.4 is 0 Å². The normalized spacial score (nSPS) is 29.1. The second-order valence-corrected chi connectivity index (χ2v) is 3.39. The van der Waals surface area contributed by atoms with E-state index in [2.05, 4.69) is 4.74 Å². The van der Waals surface area contributed by atoms with Gasteiger partial charge in [-0.25, -0.2) is 9.18 Å². The number of alkyl halides is 1. The molecule has 0 radical (unpaired) electrons. The Labute approximate surface area is 77.8 Å². The van der Waals surface area contributed by atoms with Gasteiger partial charge in [-0.05, 0) is 31.6 Å². The van der Waals surface area contributed by atoms with Gasteiger partial charge in [0.1, 0.15) is 6.17 Å². The van der Waals surface area contributed by atoms with Gasteiger partial charge < -0.3 is 4.74 Å². The fraction of sp³-hybridized carbons (Fsp3) is 0.700. The Morgan fingerprint density at radius 2 is 2.00 bits per heavy atom. The third-order valence-corrected chi connectivity index (χ3v) is 2.41. The molecule has 3 heteroatoms. The molecule has 0 aromatic carbocycles. The van der Waals surface area contributed by atoms with Gasteiger partial charge in [0.15, 0.2) is 0 Å². The lowest BCUT2D eigenvalue weighted by molar-refractivity contribution is -0.134. The van der Waals surface area contributed by atoms with Crippen molar-refractivity contribution in [2.45, 2.75) is 31.9 Å². The molecule has 0 aromatic heterocycles. The predicted octanol–water partition coefficient (Wildman–Crippen LogP) is 2.24. The molecular weight excluding hydrogens is 171 g/mol. The van der Waals surface area contributed by atoms with Crippen molar-refractivity contribution in [3.8, 4) is 0 Å². The Balaban J connectivity index is 2.29. The maximum atomic E-state index is 12.7. The topological polar surface area (TPSA) is 26.3 Å². The Bertz CT molecular complexity index is 193. The van der Waals surface area contributed by atoms with Gasteiger partial charge in [0.05, 0.1) is 7.11 Å². The van der Waals surface area contributed by atoms with E-state index in [-0.39, 0.29) is 5.97 Å². The number of halogens is 1. The lowest BCUT2D eigenvalue weighted by Gasteiger charge is -2.20. The summed E-state index contributed by atoms with van der Waals surface area (Å²) < 4.78 is 17.2. The van der Waals surface area contributed by atoms with E-state index in [0.29, 0.717) is 18.8 Å². The van der Waals surface area contributed by atoms with E-state index in [1.165, 1.54) is 13.2 Å². The highest BCUT2D eigenvalue weighted by Gasteiger charge is 2.18. The summed E-state index contributed by atoms with van der Waals surface area (Å²) in [6.07, 6.45) is 5.55. The van der Waals surface area contributed by atoms with Crippen molar-refractivity contribution in [3.05, 3.63) is 12.2 Å². The lowest BCUT2D eigenvalue weighted by Crippen LogP contribution is -2.13. The summed E-state index contributed by atoms with van der Waals surface area (Å²) in [5.41, 5.74) is 0. The molecule has 1 aliphatic carbocycles. The van der Waals surface area contributed by atoms with Crippen LogP contribution in [0.1, 0.15) is 25.7 Å². The molecule has 0 spiro atoms. The molecule has 0 aliphatic heterocycles. The molecule has 13 heavy (non-hydrogen) atoms. The van der Waals surface area contributed by atoms with E-state index in [1.807, 2.05) is 6.08 Å². The zero-order chi connectivity index (χ0) is 9.68. The fourth-order valence-corrected chi connectivity index (χ4v) is 1.55. The van der Waals surface area contributed by atoms with Crippen molar-refractivity contribution in [2.75, 3.05) is 7.11 Å². The Hall–Kier alpha value is -0.860. The minimum atomic E-state index is -0.636. The van der Waals surface area contributed by atoms with Gasteiger partial charge in [-0.3, -0.25) is 0 Å². The largest absolute Gasteiger partial charge is 0.466 e. The first kappa shape index (κ1) is 10.2. The van der Waals surface area contributed by atoms with Crippen LogP contribution in [0.4, 0.5) is 4.39 Å². The summed E-state index contributed by atoms with van der Waals surface area (Å²) >= 11 is 0. The zero-order valence-corrected chi connectivity index (χ0v) is 7.83. The van der Waals surface area contributed by atoms with E-state index >= 15 is 0 Å².